The fraction of sp³-hybridized carbons (Fsp3) is 0.250. The molecule has 0 spiro atoms. The summed E-state index contributed by atoms with van der Waals surface area (Å²) in [6, 6.07) is 15.0. The first-order chi connectivity index (χ1) is 9.20. The van der Waals surface area contributed by atoms with E-state index in [0.717, 1.165) is 9.99 Å². The minimum atomic E-state index is -0.210. The average Bonchev–Trinajstić information content (AvgIpc) is 2.43. The first kappa shape index (κ1) is 14.5. The van der Waals surface area contributed by atoms with Crippen LogP contribution in [0.3, 0.4) is 0 Å². The molecule has 1 atom stereocenters. The Morgan fingerprint density at radius 3 is 2.42 bits per heavy atom. The summed E-state index contributed by atoms with van der Waals surface area (Å²) >= 11 is 2.29. The molecule has 0 amide bonds. The van der Waals surface area contributed by atoms with E-state index in [4.69, 9.17) is 4.74 Å². The topological polar surface area (TPSA) is 9.23 Å². The number of rotatable bonds is 5. The molecule has 100 valence electrons. The van der Waals surface area contributed by atoms with Crippen molar-refractivity contribution in [3.05, 3.63) is 71.0 Å². The Kier molecular flexibility index (Phi) is 5.34. The Bertz CT molecular complexity index is 525. The maximum atomic E-state index is 13.5. The smallest absolute Gasteiger partial charge is 0.128 e. The van der Waals surface area contributed by atoms with Crippen molar-refractivity contribution in [2.24, 2.45) is 0 Å². The van der Waals surface area contributed by atoms with Crippen LogP contribution in [0.1, 0.15) is 22.8 Å². The summed E-state index contributed by atoms with van der Waals surface area (Å²) in [6.07, 6.45) is 0.000746. The summed E-state index contributed by atoms with van der Waals surface area (Å²) < 4.78 is 20.2. The van der Waals surface area contributed by atoms with E-state index in [1.54, 1.807) is 12.1 Å². The molecule has 19 heavy (non-hydrogen) atoms. The number of ether oxygens (including phenoxy) is 1. The van der Waals surface area contributed by atoms with Gasteiger partial charge in [-0.3, -0.25) is 0 Å². The Labute approximate surface area is 126 Å². The van der Waals surface area contributed by atoms with Crippen LogP contribution in [-0.2, 0) is 11.3 Å². The number of hydrogen-bond acceptors (Lipinski definition) is 1. The summed E-state index contributed by atoms with van der Waals surface area (Å²) in [7, 11) is 0. The molecule has 0 aliphatic rings. The fourth-order valence-corrected chi connectivity index (χ4v) is 2.58. The van der Waals surface area contributed by atoms with E-state index >= 15 is 0 Å². The summed E-state index contributed by atoms with van der Waals surface area (Å²) in [5, 5.41) is 0. The number of aryl methyl sites for hydroxylation is 1. The maximum absolute atomic E-state index is 13.5. The normalized spacial score (nSPS) is 12.4. The van der Waals surface area contributed by atoms with E-state index in [-0.39, 0.29) is 11.9 Å². The van der Waals surface area contributed by atoms with E-state index in [9.17, 15) is 4.39 Å². The molecule has 0 heterocycles. The predicted octanol–water partition coefficient (Wildman–Crippen LogP) is 4.83. The Morgan fingerprint density at radius 1 is 1.11 bits per heavy atom. The molecule has 1 unspecified atom stereocenters. The molecule has 0 radical (unpaired) electrons. The van der Waals surface area contributed by atoms with Gasteiger partial charge in [0.15, 0.2) is 0 Å². The van der Waals surface area contributed by atoms with Crippen molar-refractivity contribution in [2.45, 2.75) is 19.6 Å². The summed E-state index contributed by atoms with van der Waals surface area (Å²) in [5.74, 6) is -0.210. The minimum absolute atomic E-state index is 0.000746. The van der Waals surface area contributed by atoms with Gasteiger partial charge in [-0.15, -0.1) is 0 Å². The van der Waals surface area contributed by atoms with Gasteiger partial charge in [-0.2, -0.15) is 0 Å². The molecule has 2 aromatic rings. The lowest BCUT2D eigenvalue weighted by atomic mass is 10.1. The second kappa shape index (κ2) is 7.01. The average molecular weight is 370 g/mol. The third kappa shape index (κ3) is 4.01. The van der Waals surface area contributed by atoms with Crippen molar-refractivity contribution in [3.8, 4) is 0 Å². The molecular formula is C16H16FIO. The van der Waals surface area contributed by atoms with E-state index in [2.05, 4.69) is 53.8 Å². The maximum Gasteiger partial charge on any atom is 0.128 e. The monoisotopic (exact) mass is 370 g/mol. The largest absolute Gasteiger partial charge is 0.368 e. The molecule has 0 bridgehead atoms. The second-order valence-corrected chi connectivity index (χ2v) is 5.34. The van der Waals surface area contributed by atoms with Crippen molar-refractivity contribution < 1.29 is 9.13 Å². The molecule has 0 N–H and O–H groups in total. The quantitative estimate of drug-likeness (QED) is 0.541. The minimum Gasteiger partial charge on any atom is -0.368 e. The van der Waals surface area contributed by atoms with Crippen molar-refractivity contribution in [1.29, 1.82) is 0 Å². The van der Waals surface area contributed by atoms with Gasteiger partial charge in [-0.1, -0.05) is 70.6 Å². The van der Waals surface area contributed by atoms with Crippen LogP contribution >= 0.6 is 22.6 Å². The molecule has 2 rings (SSSR count). The zero-order chi connectivity index (χ0) is 13.7. The number of halogens is 2. The molecule has 0 saturated heterocycles. The number of alkyl halides is 1. The van der Waals surface area contributed by atoms with Gasteiger partial charge in [0.2, 0.25) is 0 Å². The third-order valence-corrected chi connectivity index (χ3v) is 3.79. The molecule has 3 heteroatoms. The molecule has 0 aliphatic carbocycles. The lowest BCUT2D eigenvalue weighted by Crippen LogP contribution is -2.06. The first-order valence-corrected chi connectivity index (χ1v) is 7.71. The van der Waals surface area contributed by atoms with Crippen LogP contribution < -0.4 is 0 Å². The van der Waals surface area contributed by atoms with Crippen molar-refractivity contribution >= 4 is 22.6 Å². The van der Waals surface area contributed by atoms with Crippen LogP contribution in [0.4, 0.5) is 4.39 Å². The van der Waals surface area contributed by atoms with Gasteiger partial charge >= 0.3 is 0 Å². The second-order valence-electron chi connectivity index (χ2n) is 4.46. The number of benzene rings is 2. The summed E-state index contributed by atoms with van der Waals surface area (Å²) in [6.45, 7) is 2.36. The van der Waals surface area contributed by atoms with E-state index in [0.29, 0.717) is 12.2 Å². The highest BCUT2D eigenvalue weighted by Gasteiger charge is 2.11. The van der Waals surface area contributed by atoms with Gasteiger partial charge < -0.3 is 4.74 Å². The van der Waals surface area contributed by atoms with Gasteiger partial charge in [0.25, 0.3) is 0 Å². The van der Waals surface area contributed by atoms with Gasteiger partial charge in [-0.05, 0) is 18.6 Å². The molecular weight excluding hydrogens is 354 g/mol. The Morgan fingerprint density at radius 2 is 1.79 bits per heavy atom. The van der Waals surface area contributed by atoms with Gasteiger partial charge in [-0.25, -0.2) is 4.39 Å². The van der Waals surface area contributed by atoms with E-state index in [1.807, 2.05) is 6.07 Å². The van der Waals surface area contributed by atoms with Gasteiger partial charge in [0.1, 0.15) is 5.82 Å². The molecule has 0 aliphatic heterocycles. The number of hydrogen-bond donors (Lipinski definition) is 0. The molecule has 0 aromatic heterocycles. The van der Waals surface area contributed by atoms with Crippen LogP contribution in [-0.4, -0.2) is 4.43 Å². The van der Waals surface area contributed by atoms with Gasteiger partial charge in [0, 0.05) is 9.99 Å². The highest BCUT2D eigenvalue weighted by atomic mass is 127. The zero-order valence-electron chi connectivity index (χ0n) is 10.8. The van der Waals surface area contributed by atoms with Crippen LogP contribution in [0.5, 0.6) is 0 Å². The molecule has 2 aromatic carbocycles. The molecule has 0 fully saturated rings. The van der Waals surface area contributed by atoms with Crippen LogP contribution in [0.15, 0.2) is 48.5 Å². The molecule has 0 saturated carbocycles. The third-order valence-electron chi connectivity index (χ3n) is 2.99. The Hall–Kier alpha value is -0.940. The lowest BCUT2D eigenvalue weighted by molar-refractivity contribution is 0.0560. The zero-order valence-corrected chi connectivity index (χ0v) is 12.9. The van der Waals surface area contributed by atoms with Crippen molar-refractivity contribution in [2.75, 3.05) is 4.43 Å². The standard InChI is InChI=1S/C16H16FIO/c1-12-6-8-13(9-7-12)16(10-18)19-11-14-4-2-3-5-15(14)17/h2-9,16H,10-11H2,1H3. The molecule has 1 nitrogen and oxygen atoms in total. The fourth-order valence-electron chi connectivity index (χ4n) is 1.82. The van der Waals surface area contributed by atoms with Crippen LogP contribution in [0.25, 0.3) is 0 Å². The lowest BCUT2D eigenvalue weighted by Gasteiger charge is -2.16. The summed E-state index contributed by atoms with van der Waals surface area (Å²) in [5.41, 5.74) is 2.96. The predicted molar refractivity (Wildman–Crippen MR) is 84.0 cm³/mol. The van der Waals surface area contributed by atoms with E-state index < -0.39 is 0 Å². The van der Waals surface area contributed by atoms with E-state index in [1.165, 1.54) is 11.6 Å². The Balaban J connectivity index is 2.04. The van der Waals surface area contributed by atoms with Crippen LogP contribution in [0.2, 0.25) is 0 Å². The summed E-state index contributed by atoms with van der Waals surface area (Å²) in [4.78, 5) is 0. The van der Waals surface area contributed by atoms with Crippen molar-refractivity contribution in [3.63, 3.8) is 0 Å². The highest BCUT2D eigenvalue weighted by molar-refractivity contribution is 14.1. The van der Waals surface area contributed by atoms with Crippen molar-refractivity contribution in [1.82, 2.24) is 0 Å². The SMILES string of the molecule is Cc1ccc(C(CI)OCc2ccccc2F)cc1. The van der Waals surface area contributed by atoms with Crippen LogP contribution in [0, 0.1) is 12.7 Å². The highest BCUT2D eigenvalue weighted by Crippen LogP contribution is 2.22. The first-order valence-electron chi connectivity index (χ1n) is 6.18. The van der Waals surface area contributed by atoms with Gasteiger partial charge in [0.05, 0.1) is 12.7 Å².